The summed E-state index contributed by atoms with van der Waals surface area (Å²) in [5.41, 5.74) is 0.917. The topological polar surface area (TPSA) is 84.2 Å². The predicted molar refractivity (Wildman–Crippen MR) is 93.5 cm³/mol. The zero-order valence-corrected chi connectivity index (χ0v) is 13.8. The van der Waals surface area contributed by atoms with Crippen LogP contribution in [0.1, 0.15) is 26.6 Å². The molecule has 2 heterocycles. The third kappa shape index (κ3) is 4.24. The first kappa shape index (κ1) is 16.7. The highest BCUT2D eigenvalue weighted by molar-refractivity contribution is 6.33. The quantitative estimate of drug-likeness (QED) is 0.733. The van der Waals surface area contributed by atoms with Crippen LogP contribution in [0.25, 0.3) is 0 Å². The molecule has 0 atom stereocenters. The summed E-state index contributed by atoms with van der Waals surface area (Å²) in [6.07, 6.45) is 2.94. The van der Waals surface area contributed by atoms with Gasteiger partial charge in [0.1, 0.15) is 11.5 Å². The molecule has 0 saturated carbocycles. The van der Waals surface area contributed by atoms with Crippen LogP contribution in [-0.4, -0.2) is 16.8 Å². The highest BCUT2D eigenvalue weighted by Crippen LogP contribution is 2.21. The fourth-order valence-corrected chi connectivity index (χ4v) is 2.31. The minimum atomic E-state index is -0.450. The lowest BCUT2D eigenvalue weighted by Gasteiger charge is -2.08. The van der Waals surface area contributed by atoms with Gasteiger partial charge in [-0.15, -0.1) is 0 Å². The number of rotatable bonds is 5. The second-order valence-electron chi connectivity index (χ2n) is 5.13. The van der Waals surface area contributed by atoms with Gasteiger partial charge < -0.3 is 15.1 Å². The van der Waals surface area contributed by atoms with E-state index in [1.54, 1.807) is 36.4 Å². The molecule has 0 radical (unpaired) electrons. The van der Waals surface area contributed by atoms with E-state index in [0.29, 0.717) is 22.0 Å². The van der Waals surface area contributed by atoms with E-state index in [1.165, 1.54) is 24.6 Å². The molecule has 2 aromatic heterocycles. The normalized spacial score (nSPS) is 10.3. The van der Waals surface area contributed by atoms with Crippen molar-refractivity contribution in [3.8, 4) is 0 Å². The van der Waals surface area contributed by atoms with Crippen LogP contribution >= 0.6 is 11.6 Å². The second-order valence-corrected chi connectivity index (χ2v) is 5.53. The molecular formula is C18H14ClN3O3. The number of hydrogen-bond acceptors (Lipinski definition) is 4. The minimum absolute atomic E-state index is 0.116. The van der Waals surface area contributed by atoms with Crippen LogP contribution in [0.2, 0.25) is 5.02 Å². The Hall–Kier alpha value is -3.12. The number of carbonyl (C=O) groups excluding carboxylic acids is 2. The molecule has 0 unspecified atom stereocenters. The molecule has 1 aromatic carbocycles. The smallest absolute Gasteiger partial charge is 0.274 e. The molecule has 0 bridgehead atoms. The Balaban J connectivity index is 1.69. The molecule has 126 valence electrons. The first-order valence-corrected chi connectivity index (χ1v) is 7.84. The first-order chi connectivity index (χ1) is 12.1. The Labute approximate surface area is 148 Å². The zero-order chi connectivity index (χ0) is 17.6. The van der Waals surface area contributed by atoms with Crippen LogP contribution in [0, 0.1) is 0 Å². The number of amides is 2. The second kappa shape index (κ2) is 7.63. The number of pyridine rings is 1. The van der Waals surface area contributed by atoms with E-state index < -0.39 is 5.91 Å². The number of nitrogens with zero attached hydrogens (tertiary/aromatic N) is 1. The van der Waals surface area contributed by atoms with Crippen LogP contribution < -0.4 is 10.6 Å². The summed E-state index contributed by atoms with van der Waals surface area (Å²) in [4.78, 5) is 28.5. The van der Waals surface area contributed by atoms with Crippen molar-refractivity contribution in [3.05, 3.63) is 83.0 Å². The van der Waals surface area contributed by atoms with Crippen molar-refractivity contribution in [3.63, 3.8) is 0 Å². The lowest BCUT2D eigenvalue weighted by atomic mass is 10.2. The monoisotopic (exact) mass is 355 g/mol. The largest absolute Gasteiger partial charge is 0.467 e. The van der Waals surface area contributed by atoms with Gasteiger partial charge in [-0.2, -0.15) is 0 Å². The zero-order valence-electron chi connectivity index (χ0n) is 13.0. The summed E-state index contributed by atoms with van der Waals surface area (Å²) in [6.45, 7) is 0.259. The first-order valence-electron chi connectivity index (χ1n) is 7.46. The van der Waals surface area contributed by atoms with Crippen molar-refractivity contribution >= 4 is 29.1 Å². The molecule has 2 N–H and O–H groups in total. The lowest BCUT2D eigenvalue weighted by Crippen LogP contribution is -2.23. The Morgan fingerprint density at radius 3 is 2.68 bits per heavy atom. The molecule has 0 aliphatic carbocycles. The van der Waals surface area contributed by atoms with Gasteiger partial charge >= 0.3 is 0 Å². The molecular weight excluding hydrogens is 342 g/mol. The fraction of sp³-hybridized carbons (Fsp3) is 0.0556. The van der Waals surface area contributed by atoms with Gasteiger partial charge in [-0.25, -0.2) is 0 Å². The van der Waals surface area contributed by atoms with Crippen LogP contribution in [-0.2, 0) is 6.54 Å². The van der Waals surface area contributed by atoms with Gasteiger partial charge in [0.15, 0.2) is 0 Å². The average Bonchev–Trinajstić information content (AvgIpc) is 3.15. The van der Waals surface area contributed by atoms with Crippen molar-refractivity contribution in [1.82, 2.24) is 10.3 Å². The molecule has 7 heteroatoms. The highest BCUT2D eigenvalue weighted by atomic mass is 35.5. The number of aromatic nitrogens is 1. The summed E-state index contributed by atoms with van der Waals surface area (Å²) >= 11 is 6.02. The maximum Gasteiger partial charge on any atom is 0.274 e. The number of furan rings is 1. The average molecular weight is 356 g/mol. The van der Waals surface area contributed by atoms with Gasteiger partial charge in [-0.1, -0.05) is 23.7 Å². The summed E-state index contributed by atoms with van der Waals surface area (Å²) in [6, 6.07) is 13.3. The van der Waals surface area contributed by atoms with E-state index in [2.05, 4.69) is 15.6 Å². The van der Waals surface area contributed by atoms with E-state index >= 15 is 0 Å². The van der Waals surface area contributed by atoms with Crippen molar-refractivity contribution in [2.24, 2.45) is 0 Å². The third-order valence-electron chi connectivity index (χ3n) is 3.38. The van der Waals surface area contributed by atoms with Crippen molar-refractivity contribution in [2.45, 2.75) is 6.54 Å². The molecule has 2 amide bonds. The minimum Gasteiger partial charge on any atom is -0.467 e. The van der Waals surface area contributed by atoms with Crippen LogP contribution in [0.4, 0.5) is 5.69 Å². The number of carbonyl (C=O) groups is 2. The third-order valence-corrected chi connectivity index (χ3v) is 3.71. The Morgan fingerprint density at radius 2 is 1.92 bits per heavy atom. The molecule has 6 nitrogen and oxygen atoms in total. The van der Waals surface area contributed by atoms with Crippen LogP contribution in [0.5, 0.6) is 0 Å². The SMILES string of the molecule is O=C(NCc1ccco1)c1ccnc(C(=O)Nc2ccccc2Cl)c1. The summed E-state index contributed by atoms with van der Waals surface area (Å²) < 4.78 is 5.16. The number of nitrogens with one attached hydrogen (secondary N) is 2. The molecule has 3 aromatic rings. The summed E-state index contributed by atoms with van der Waals surface area (Å²) in [7, 11) is 0. The number of halogens is 1. The number of hydrogen-bond donors (Lipinski definition) is 2. The van der Waals surface area contributed by atoms with E-state index in [1.807, 2.05) is 0 Å². The molecule has 0 fully saturated rings. The van der Waals surface area contributed by atoms with Crippen LogP contribution in [0.3, 0.4) is 0 Å². The van der Waals surface area contributed by atoms with Gasteiger partial charge in [-0.05, 0) is 36.4 Å². The van der Waals surface area contributed by atoms with Crippen molar-refractivity contribution < 1.29 is 14.0 Å². The predicted octanol–water partition coefficient (Wildman–Crippen LogP) is 3.51. The molecule has 0 aliphatic rings. The molecule has 0 spiro atoms. The fourth-order valence-electron chi connectivity index (χ4n) is 2.13. The number of benzene rings is 1. The van der Waals surface area contributed by atoms with E-state index in [4.69, 9.17) is 16.0 Å². The standard InChI is InChI=1S/C18H14ClN3O3/c19-14-5-1-2-6-15(14)22-18(24)16-10-12(7-8-20-16)17(23)21-11-13-4-3-9-25-13/h1-10H,11H2,(H,21,23)(H,22,24). The lowest BCUT2D eigenvalue weighted by molar-refractivity contribution is 0.0948. The maximum atomic E-state index is 12.3. The van der Waals surface area contributed by atoms with Crippen molar-refractivity contribution in [2.75, 3.05) is 5.32 Å². The van der Waals surface area contributed by atoms with Crippen LogP contribution in [0.15, 0.2) is 65.4 Å². The van der Waals surface area contributed by atoms with E-state index in [9.17, 15) is 9.59 Å². The molecule has 3 rings (SSSR count). The van der Waals surface area contributed by atoms with Gasteiger partial charge in [0, 0.05) is 11.8 Å². The van der Waals surface area contributed by atoms with Crippen molar-refractivity contribution in [1.29, 1.82) is 0 Å². The Kier molecular flexibility index (Phi) is 5.11. The van der Waals surface area contributed by atoms with Gasteiger partial charge in [-0.3, -0.25) is 14.6 Å². The van der Waals surface area contributed by atoms with E-state index in [0.717, 1.165) is 0 Å². The van der Waals surface area contributed by atoms with Gasteiger partial charge in [0.2, 0.25) is 0 Å². The summed E-state index contributed by atoms with van der Waals surface area (Å²) in [5.74, 6) is -0.140. The highest BCUT2D eigenvalue weighted by Gasteiger charge is 2.13. The number of para-hydroxylation sites is 1. The molecule has 0 aliphatic heterocycles. The molecule has 0 saturated heterocycles. The molecule has 25 heavy (non-hydrogen) atoms. The van der Waals surface area contributed by atoms with E-state index in [-0.39, 0.29) is 18.1 Å². The maximum absolute atomic E-state index is 12.3. The Bertz CT molecular complexity index is 894. The number of anilines is 1. The van der Waals surface area contributed by atoms with Gasteiger partial charge in [0.05, 0.1) is 23.5 Å². The van der Waals surface area contributed by atoms with Gasteiger partial charge in [0.25, 0.3) is 11.8 Å². The Morgan fingerprint density at radius 1 is 1.08 bits per heavy atom. The summed E-state index contributed by atoms with van der Waals surface area (Å²) in [5, 5.41) is 5.80.